The normalized spacial score (nSPS) is 9.78. The second-order valence-corrected chi connectivity index (χ2v) is 1.54. The van der Waals surface area contributed by atoms with Crippen molar-refractivity contribution in [2.45, 2.75) is 0 Å². The Bertz CT molecular complexity index is 94.2. The van der Waals surface area contributed by atoms with Gasteiger partial charge in [-0.15, -0.1) is 0 Å². The van der Waals surface area contributed by atoms with E-state index in [9.17, 15) is 4.79 Å². The fourth-order valence-electron chi connectivity index (χ4n) is 0.311. The lowest BCUT2D eigenvalue weighted by Crippen LogP contribution is -2.25. The van der Waals surface area contributed by atoms with Crippen molar-refractivity contribution in [3.63, 3.8) is 0 Å². The van der Waals surface area contributed by atoms with Crippen molar-refractivity contribution in [3.8, 4) is 0 Å². The maximum Gasteiger partial charge on any atom is 0.322 e. The summed E-state index contributed by atoms with van der Waals surface area (Å²) < 4.78 is 4.36. The molecule has 0 aliphatic carbocycles. The first kappa shape index (κ1) is 8.39. The molecule has 0 radical (unpaired) electrons. The van der Waals surface area contributed by atoms with Crippen LogP contribution in [-0.2, 0) is 14.4 Å². The number of hydroxylamine groups is 2. The number of ether oxygens (including phenoxy) is 1. The first-order valence-electron chi connectivity index (χ1n) is 2.52. The van der Waals surface area contributed by atoms with Crippen molar-refractivity contribution >= 4 is 5.97 Å². The zero-order valence-corrected chi connectivity index (χ0v) is 5.88. The molecule has 0 aromatic rings. The third-order valence-corrected chi connectivity index (χ3v) is 0.891. The Hall–Kier alpha value is -0.610. The van der Waals surface area contributed by atoms with Crippen LogP contribution in [0.5, 0.6) is 0 Å². The minimum Gasteiger partial charge on any atom is -0.468 e. The maximum atomic E-state index is 10.4. The Morgan fingerprint density at radius 2 is 2.11 bits per heavy atom. The van der Waals surface area contributed by atoms with Gasteiger partial charge in [0.15, 0.2) is 0 Å². The van der Waals surface area contributed by atoms with Crippen LogP contribution in [0.25, 0.3) is 0 Å². The second-order valence-electron chi connectivity index (χ2n) is 1.54. The van der Waals surface area contributed by atoms with Crippen LogP contribution in [0.15, 0.2) is 0 Å². The summed E-state index contributed by atoms with van der Waals surface area (Å²) in [6, 6.07) is 0. The summed E-state index contributed by atoms with van der Waals surface area (Å²) in [7, 11) is 4.48. The summed E-state index contributed by atoms with van der Waals surface area (Å²) in [5, 5.41) is 1.38. The second kappa shape index (κ2) is 4.29. The molecule has 0 unspecified atom stereocenters. The van der Waals surface area contributed by atoms with E-state index < -0.39 is 0 Å². The topological polar surface area (TPSA) is 38.8 Å². The van der Waals surface area contributed by atoms with E-state index in [1.54, 1.807) is 7.05 Å². The molecule has 0 aliphatic rings. The van der Waals surface area contributed by atoms with Crippen molar-refractivity contribution in [1.82, 2.24) is 5.06 Å². The van der Waals surface area contributed by atoms with Crippen LogP contribution in [-0.4, -0.2) is 38.8 Å². The number of esters is 1. The summed E-state index contributed by atoms with van der Waals surface area (Å²) in [6.45, 7) is 0.160. The van der Waals surface area contributed by atoms with Gasteiger partial charge in [-0.1, -0.05) is 0 Å². The maximum absolute atomic E-state index is 10.4. The standard InChI is InChI=1S/C5H11NO3/c1-6(9-3)4-5(7)8-2/h4H2,1-3H3. The average Bonchev–Trinajstić information content (AvgIpc) is 1.87. The molecule has 0 aromatic carbocycles. The van der Waals surface area contributed by atoms with Crippen molar-refractivity contribution in [1.29, 1.82) is 0 Å². The number of hydrogen-bond donors (Lipinski definition) is 0. The molecule has 0 rings (SSSR count). The van der Waals surface area contributed by atoms with E-state index in [2.05, 4.69) is 9.57 Å². The minimum atomic E-state index is -0.306. The summed E-state index contributed by atoms with van der Waals surface area (Å²) in [4.78, 5) is 15.1. The molecule has 4 heteroatoms. The Kier molecular flexibility index (Phi) is 4.00. The first-order chi connectivity index (χ1) is 4.20. The third kappa shape index (κ3) is 3.93. The SMILES string of the molecule is COC(=O)CN(C)OC. The monoisotopic (exact) mass is 133 g/mol. The number of methoxy groups -OCH3 is 1. The molecule has 0 atom stereocenters. The molecule has 9 heavy (non-hydrogen) atoms. The smallest absolute Gasteiger partial charge is 0.322 e. The van der Waals surface area contributed by atoms with E-state index in [1.807, 2.05) is 0 Å². The fourth-order valence-corrected chi connectivity index (χ4v) is 0.311. The van der Waals surface area contributed by atoms with Crippen molar-refractivity contribution in [2.75, 3.05) is 27.8 Å². The molecule has 0 spiro atoms. The van der Waals surface area contributed by atoms with Gasteiger partial charge < -0.3 is 9.57 Å². The molecule has 0 heterocycles. The van der Waals surface area contributed by atoms with E-state index in [0.717, 1.165) is 0 Å². The first-order valence-corrected chi connectivity index (χ1v) is 2.52. The van der Waals surface area contributed by atoms with Gasteiger partial charge in [-0.05, 0) is 0 Å². The third-order valence-electron chi connectivity index (χ3n) is 0.891. The molecule has 4 nitrogen and oxygen atoms in total. The van der Waals surface area contributed by atoms with Gasteiger partial charge in [-0.3, -0.25) is 4.79 Å². The van der Waals surface area contributed by atoms with E-state index >= 15 is 0 Å². The molecule has 0 fully saturated rings. The molecule has 0 bridgehead atoms. The highest BCUT2D eigenvalue weighted by Gasteiger charge is 2.02. The lowest BCUT2D eigenvalue weighted by molar-refractivity contribution is -0.159. The molecule has 0 saturated heterocycles. The van der Waals surface area contributed by atoms with Gasteiger partial charge in [0, 0.05) is 7.05 Å². The number of carbonyl (C=O) groups is 1. The van der Waals surface area contributed by atoms with Crippen molar-refractivity contribution in [2.24, 2.45) is 0 Å². The molecule has 0 aromatic heterocycles. The van der Waals surface area contributed by atoms with E-state index in [1.165, 1.54) is 19.3 Å². The van der Waals surface area contributed by atoms with E-state index in [-0.39, 0.29) is 12.5 Å². The van der Waals surface area contributed by atoms with Crippen molar-refractivity contribution in [3.05, 3.63) is 0 Å². The van der Waals surface area contributed by atoms with E-state index in [4.69, 9.17) is 0 Å². The van der Waals surface area contributed by atoms with Crippen LogP contribution in [0.4, 0.5) is 0 Å². The number of carbonyl (C=O) groups excluding carboxylic acids is 1. The quantitative estimate of drug-likeness (QED) is 0.389. The largest absolute Gasteiger partial charge is 0.468 e. The highest BCUT2D eigenvalue weighted by molar-refractivity contribution is 5.71. The fraction of sp³-hybridized carbons (Fsp3) is 0.800. The predicted molar refractivity (Wildman–Crippen MR) is 31.7 cm³/mol. The number of nitrogens with zero attached hydrogens (tertiary/aromatic N) is 1. The number of likely N-dealkylation sites (N-methyl/N-ethyl adjacent to an activating group) is 1. The number of hydrogen-bond acceptors (Lipinski definition) is 4. The zero-order chi connectivity index (χ0) is 7.28. The molecule has 0 saturated carbocycles. The Labute approximate surface area is 54.3 Å². The highest BCUT2D eigenvalue weighted by Crippen LogP contribution is 1.81. The minimum absolute atomic E-state index is 0.160. The molecule has 54 valence electrons. The van der Waals surface area contributed by atoms with Gasteiger partial charge in [0.05, 0.1) is 14.2 Å². The molecular weight excluding hydrogens is 122 g/mol. The van der Waals surface area contributed by atoms with Gasteiger partial charge in [-0.25, -0.2) is 0 Å². The molecule has 0 amide bonds. The molecule has 0 aliphatic heterocycles. The highest BCUT2D eigenvalue weighted by atomic mass is 16.7. The Morgan fingerprint density at radius 1 is 1.56 bits per heavy atom. The van der Waals surface area contributed by atoms with Crippen molar-refractivity contribution < 1.29 is 14.4 Å². The average molecular weight is 133 g/mol. The number of rotatable bonds is 3. The van der Waals surface area contributed by atoms with Crippen LogP contribution in [0, 0.1) is 0 Å². The summed E-state index contributed by atoms with van der Waals surface area (Å²) >= 11 is 0. The van der Waals surface area contributed by atoms with Crippen LogP contribution in [0.3, 0.4) is 0 Å². The van der Waals surface area contributed by atoms with Gasteiger partial charge in [0.2, 0.25) is 0 Å². The van der Waals surface area contributed by atoms with Gasteiger partial charge in [0.1, 0.15) is 6.54 Å². The van der Waals surface area contributed by atoms with Crippen LogP contribution >= 0.6 is 0 Å². The van der Waals surface area contributed by atoms with Crippen LogP contribution in [0.1, 0.15) is 0 Å². The van der Waals surface area contributed by atoms with Gasteiger partial charge >= 0.3 is 5.97 Å². The van der Waals surface area contributed by atoms with Gasteiger partial charge in [-0.2, -0.15) is 5.06 Å². The lowest BCUT2D eigenvalue weighted by atomic mass is 10.6. The van der Waals surface area contributed by atoms with Gasteiger partial charge in [0.25, 0.3) is 0 Å². The predicted octanol–water partition coefficient (Wildman–Crippen LogP) is -0.347. The summed E-state index contributed by atoms with van der Waals surface area (Å²) in [6.07, 6.45) is 0. The Morgan fingerprint density at radius 3 is 2.44 bits per heavy atom. The summed E-state index contributed by atoms with van der Waals surface area (Å²) in [5.41, 5.74) is 0. The van der Waals surface area contributed by atoms with Crippen LogP contribution in [0.2, 0.25) is 0 Å². The molecule has 0 N–H and O–H groups in total. The Balaban J connectivity index is 3.34. The zero-order valence-electron chi connectivity index (χ0n) is 5.88. The summed E-state index contributed by atoms with van der Waals surface area (Å²) in [5.74, 6) is -0.306. The molecular formula is C5H11NO3. The lowest BCUT2D eigenvalue weighted by Gasteiger charge is -2.10. The van der Waals surface area contributed by atoms with Crippen LogP contribution < -0.4 is 0 Å². The van der Waals surface area contributed by atoms with E-state index in [0.29, 0.717) is 0 Å².